The Morgan fingerprint density at radius 3 is 2.78 bits per heavy atom. The van der Waals surface area contributed by atoms with Gasteiger partial charge >= 0.3 is 6.09 Å². The van der Waals surface area contributed by atoms with Gasteiger partial charge in [0.1, 0.15) is 18.5 Å². The minimum absolute atomic E-state index is 0.259. The van der Waals surface area contributed by atoms with E-state index in [1.165, 1.54) is 4.90 Å². The zero-order valence-electron chi connectivity index (χ0n) is 18.2. The van der Waals surface area contributed by atoms with Crippen LogP contribution in [-0.2, 0) is 21.8 Å². The summed E-state index contributed by atoms with van der Waals surface area (Å²) < 4.78 is 20.5. The van der Waals surface area contributed by atoms with E-state index >= 15 is 0 Å². The van der Waals surface area contributed by atoms with Crippen molar-refractivity contribution in [2.75, 3.05) is 24.7 Å². The number of rotatable bonds is 8. The molecule has 1 saturated heterocycles. The van der Waals surface area contributed by atoms with E-state index in [0.29, 0.717) is 37.7 Å². The molecule has 1 N–H and O–H groups in total. The van der Waals surface area contributed by atoms with Gasteiger partial charge in [-0.1, -0.05) is 29.8 Å². The van der Waals surface area contributed by atoms with Crippen LogP contribution in [0.25, 0.3) is 0 Å². The number of hydrogen-bond acceptors (Lipinski definition) is 5. The predicted octanol–water partition coefficient (Wildman–Crippen LogP) is 4.04. The third-order valence-corrected chi connectivity index (χ3v) is 5.40. The maximum absolute atomic E-state index is 11.3. The minimum atomic E-state index is -0.983. The molecule has 1 amide bonds. The molecule has 4 rings (SSSR count). The summed E-state index contributed by atoms with van der Waals surface area (Å²) in [5, 5.41) is 9.25. The molecule has 32 heavy (non-hydrogen) atoms. The topological polar surface area (TPSA) is 86.1 Å². The SMILES string of the molecule is CCN(C(=O)O)c1ccc(OCC2COC(Cn3ccnc3)(c3cccc(C)c3)O2)cc1. The molecule has 0 radical (unpaired) electrons. The summed E-state index contributed by atoms with van der Waals surface area (Å²) >= 11 is 0. The van der Waals surface area contributed by atoms with Crippen LogP contribution in [0.4, 0.5) is 10.5 Å². The van der Waals surface area contributed by atoms with Crippen molar-refractivity contribution in [1.29, 1.82) is 0 Å². The fourth-order valence-corrected chi connectivity index (χ4v) is 3.81. The van der Waals surface area contributed by atoms with Gasteiger partial charge < -0.3 is 23.9 Å². The van der Waals surface area contributed by atoms with Crippen LogP contribution in [0.3, 0.4) is 0 Å². The van der Waals surface area contributed by atoms with E-state index in [2.05, 4.69) is 11.1 Å². The van der Waals surface area contributed by atoms with Gasteiger partial charge in [-0.25, -0.2) is 9.78 Å². The summed E-state index contributed by atoms with van der Waals surface area (Å²) in [6.07, 6.45) is 4.11. The molecule has 2 atom stereocenters. The summed E-state index contributed by atoms with van der Waals surface area (Å²) in [6, 6.07) is 15.1. The first-order valence-electron chi connectivity index (χ1n) is 10.6. The van der Waals surface area contributed by atoms with E-state index in [9.17, 15) is 9.90 Å². The lowest BCUT2D eigenvalue weighted by atomic mass is 10.0. The van der Waals surface area contributed by atoms with Gasteiger partial charge in [-0.3, -0.25) is 4.90 Å². The Balaban J connectivity index is 1.44. The highest BCUT2D eigenvalue weighted by Crippen LogP contribution is 2.36. The van der Waals surface area contributed by atoms with Crippen molar-refractivity contribution in [2.24, 2.45) is 0 Å². The second kappa shape index (κ2) is 9.42. The highest BCUT2D eigenvalue weighted by atomic mass is 16.8. The Morgan fingerprint density at radius 1 is 1.31 bits per heavy atom. The van der Waals surface area contributed by atoms with E-state index in [1.54, 1.807) is 43.7 Å². The highest BCUT2D eigenvalue weighted by molar-refractivity contribution is 5.85. The van der Waals surface area contributed by atoms with Crippen LogP contribution in [0.15, 0.2) is 67.3 Å². The van der Waals surface area contributed by atoms with Crippen molar-refractivity contribution in [2.45, 2.75) is 32.3 Å². The van der Waals surface area contributed by atoms with Crippen LogP contribution in [0.1, 0.15) is 18.1 Å². The number of amides is 1. The molecule has 3 aromatic rings. The molecule has 1 aliphatic heterocycles. The van der Waals surface area contributed by atoms with Crippen LogP contribution in [0, 0.1) is 6.92 Å². The molecule has 0 bridgehead atoms. The van der Waals surface area contributed by atoms with Crippen molar-refractivity contribution in [3.63, 3.8) is 0 Å². The lowest BCUT2D eigenvalue weighted by Gasteiger charge is -2.29. The van der Waals surface area contributed by atoms with Crippen molar-refractivity contribution in [3.05, 3.63) is 78.4 Å². The first-order valence-corrected chi connectivity index (χ1v) is 10.6. The van der Waals surface area contributed by atoms with E-state index in [-0.39, 0.29) is 6.10 Å². The van der Waals surface area contributed by atoms with Crippen LogP contribution in [0.2, 0.25) is 0 Å². The van der Waals surface area contributed by atoms with Gasteiger partial charge in [-0.05, 0) is 38.1 Å². The van der Waals surface area contributed by atoms with Gasteiger partial charge in [0.2, 0.25) is 5.79 Å². The highest BCUT2D eigenvalue weighted by Gasteiger charge is 2.44. The fraction of sp³-hybridized carbons (Fsp3) is 0.333. The first-order chi connectivity index (χ1) is 15.5. The predicted molar refractivity (Wildman–Crippen MR) is 119 cm³/mol. The molecule has 0 saturated carbocycles. The number of ether oxygens (including phenoxy) is 3. The van der Waals surface area contributed by atoms with Crippen LogP contribution in [-0.4, -0.2) is 46.6 Å². The quantitative estimate of drug-likeness (QED) is 0.572. The van der Waals surface area contributed by atoms with E-state index in [4.69, 9.17) is 14.2 Å². The Morgan fingerprint density at radius 2 is 2.12 bits per heavy atom. The normalized spacial score (nSPS) is 20.2. The van der Waals surface area contributed by atoms with Crippen molar-refractivity contribution in [1.82, 2.24) is 9.55 Å². The Bertz CT molecular complexity index is 1040. The summed E-state index contributed by atoms with van der Waals surface area (Å²) in [5.41, 5.74) is 2.68. The second-order valence-electron chi connectivity index (χ2n) is 7.74. The zero-order valence-corrected chi connectivity index (χ0v) is 18.2. The molecule has 8 nitrogen and oxygen atoms in total. The molecule has 1 aromatic heterocycles. The molecule has 8 heteroatoms. The third-order valence-electron chi connectivity index (χ3n) is 5.40. The molecular formula is C24H27N3O5. The maximum atomic E-state index is 11.3. The van der Waals surface area contributed by atoms with Crippen LogP contribution >= 0.6 is 0 Å². The van der Waals surface area contributed by atoms with Gasteiger partial charge in [0, 0.05) is 30.2 Å². The molecule has 1 fully saturated rings. The molecule has 168 valence electrons. The van der Waals surface area contributed by atoms with Gasteiger partial charge in [0.05, 0.1) is 19.5 Å². The van der Waals surface area contributed by atoms with Crippen LogP contribution < -0.4 is 9.64 Å². The number of carbonyl (C=O) groups is 1. The summed E-state index contributed by atoms with van der Waals surface area (Å²) in [5.74, 6) is -0.283. The molecule has 2 heterocycles. The number of anilines is 1. The Kier molecular flexibility index (Phi) is 6.43. The lowest BCUT2D eigenvalue weighted by molar-refractivity contribution is -0.189. The number of aromatic nitrogens is 2. The largest absolute Gasteiger partial charge is 0.491 e. The van der Waals surface area contributed by atoms with Gasteiger partial charge in [-0.15, -0.1) is 0 Å². The van der Waals surface area contributed by atoms with E-state index < -0.39 is 11.9 Å². The Hall–Kier alpha value is -3.36. The van der Waals surface area contributed by atoms with Crippen molar-refractivity contribution >= 4 is 11.8 Å². The van der Waals surface area contributed by atoms with Gasteiger partial charge in [-0.2, -0.15) is 0 Å². The number of imidazole rings is 1. The summed E-state index contributed by atoms with van der Waals surface area (Å²) in [6.45, 7) is 5.39. The number of carboxylic acid groups (broad SMARTS) is 1. The number of nitrogens with zero attached hydrogens (tertiary/aromatic N) is 3. The average molecular weight is 437 g/mol. The Labute approximate surface area is 187 Å². The fourth-order valence-electron chi connectivity index (χ4n) is 3.81. The third kappa shape index (κ3) is 4.76. The number of benzene rings is 2. The average Bonchev–Trinajstić information content (AvgIpc) is 3.44. The van der Waals surface area contributed by atoms with Crippen molar-refractivity contribution in [3.8, 4) is 5.75 Å². The van der Waals surface area contributed by atoms with Crippen molar-refractivity contribution < 1.29 is 24.1 Å². The maximum Gasteiger partial charge on any atom is 0.411 e. The molecular weight excluding hydrogens is 410 g/mol. The molecule has 2 unspecified atom stereocenters. The van der Waals surface area contributed by atoms with Gasteiger partial charge in [0.15, 0.2) is 0 Å². The summed E-state index contributed by atoms with van der Waals surface area (Å²) in [4.78, 5) is 16.7. The van der Waals surface area contributed by atoms with E-state index in [1.807, 2.05) is 35.9 Å². The molecule has 0 spiro atoms. The molecule has 0 aliphatic carbocycles. The molecule has 2 aromatic carbocycles. The number of hydrogen-bond donors (Lipinski definition) is 1. The van der Waals surface area contributed by atoms with Gasteiger partial charge in [0.25, 0.3) is 0 Å². The van der Waals surface area contributed by atoms with E-state index in [0.717, 1.165) is 11.1 Å². The smallest absolute Gasteiger partial charge is 0.411 e. The standard InChI is InChI=1S/C24H27N3O5/c1-3-27(23(28)29)20-7-9-21(10-8-20)30-14-22-15-31-24(32-22,16-26-12-11-25-17-26)19-6-4-5-18(2)13-19/h4-13,17,22H,3,14-16H2,1-2H3,(H,28,29). The molecule has 1 aliphatic rings. The summed E-state index contributed by atoms with van der Waals surface area (Å²) in [7, 11) is 0. The zero-order chi connectivity index (χ0) is 22.6. The monoisotopic (exact) mass is 437 g/mol. The first kappa shape index (κ1) is 21.9. The minimum Gasteiger partial charge on any atom is -0.491 e. The van der Waals surface area contributed by atoms with Crippen LogP contribution in [0.5, 0.6) is 5.75 Å². The number of aryl methyl sites for hydroxylation is 1. The second-order valence-corrected chi connectivity index (χ2v) is 7.74. The lowest BCUT2D eigenvalue weighted by Crippen LogP contribution is -2.34.